The highest BCUT2D eigenvalue weighted by atomic mass is 35.5. The van der Waals surface area contributed by atoms with Crippen LogP contribution in [0.4, 0.5) is 16.2 Å². The molecule has 0 radical (unpaired) electrons. The van der Waals surface area contributed by atoms with Crippen LogP contribution in [0, 0.1) is 0 Å². The van der Waals surface area contributed by atoms with Crippen LogP contribution in [-0.2, 0) is 4.79 Å². The molecule has 0 unspecified atom stereocenters. The average Bonchev–Trinajstić information content (AvgIpc) is 2.55. The van der Waals surface area contributed by atoms with Gasteiger partial charge in [0.1, 0.15) is 0 Å². The minimum atomic E-state index is -0.393. The molecule has 0 aliphatic carbocycles. The lowest BCUT2D eigenvalue weighted by atomic mass is 10.0. The molecule has 2 aromatic carbocycles. The van der Waals surface area contributed by atoms with Gasteiger partial charge in [0.05, 0.1) is 16.4 Å². The van der Waals surface area contributed by atoms with Crippen LogP contribution in [0.1, 0.15) is 6.92 Å². The Kier molecular flexibility index (Phi) is 3.18. The van der Waals surface area contributed by atoms with Gasteiger partial charge in [0, 0.05) is 25.1 Å². The van der Waals surface area contributed by atoms with Gasteiger partial charge in [-0.15, -0.1) is 0 Å². The van der Waals surface area contributed by atoms with Crippen molar-refractivity contribution in [1.29, 1.82) is 0 Å². The minimum Gasteiger partial charge on any atom is -0.296 e. The van der Waals surface area contributed by atoms with Gasteiger partial charge in [0.2, 0.25) is 5.91 Å². The number of imide groups is 1. The van der Waals surface area contributed by atoms with Crippen molar-refractivity contribution in [3.63, 3.8) is 0 Å². The average molecular weight is 301 g/mol. The maximum absolute atomic E-state index is 12.6. The summed E-state index contributed by atoms with van der Waals surface area (Å²) < 4.78 is 0. The van der Waals surface area contributed by atoms with Crippen molar-refractivity contribution in [3.05, 3.63) is 47.5 Å². The van der Waals surface area contributed by atoms with Gasteiger partial charge in [0.25, 0.3) is 0 Å². The molecule has 0 saturated heterocycles. The summed E-state index contributed by atoms with van der Waals surface area (Å²) in [4.78, 5) is 27.2. The van der Waals surface area contributed by atoms with E-state index in [2.05, 4.69) is 0 Å². The molecule has 1 heterocycles. The number of hydrogen-bond acceptors (Lipinski definition) is 2. The Labute approximate surface area is 127 Å². The van der Waals surface area contributed by atoms with Crippen molar-refractivity contribution < 1.29 is 9.59 Å². The van der Waals surface area contributed by atoms with Crippen LogP contribution < -0.4 is 9.80 Å². The number of fused-ring (bicyclic) bond motifs is 3. The van der Waals surface area contributed by atoms with Crippen LogP contribution in [0.25, 0.3) is 11.1 Å². The first-order chi connectivity index (χ1) is 10.0. The van der Waals surface area contributed by atoms with E-state index < -0.39 is 6.03 Å². The number of carbonyl (C=O) groups excluding carboxylic acids is 2. The topological polar surface area (TPSA) is 40.6 Å². The zero-order chi connectivity index (χ0) is 15.1. The summed E-state index contributed by atoms with van der Waals surface area (Å²) in [6.45, 7) is 1.37. The smallest absolute Gasteiger partial charge is 0.296 e. The molecule has 0 spiro atoms. The fourth-order valence-electron chi connectivity index (χ4n) is 2.60. The molecule has 4 nitrogen and oxygen atoms in total. The monoisotopic (exact) mass is 300 g/mol. The van der Waals surface area contributed by atoms with Crippen molar-refractivity contribution in [2.45, 2.75) is 6.92 Å². The number of halogens is 1. The highest BCUT2D eigenvalue weighted by Crippen LogP contribution is 2.44. The van der Waals surface area contributed by atoms with Crippen LogP contribution in [-0.4, -0.2) is 19.0 Å². The summed E-state index contributed by atoms with van der Waals surface area (Å²) in [5.74, 6) is -0.344. The molecule has 0 fully saturated rings. The first-order valence-electron chi connectivity index (χ1n) is 6.48. The van der Waals surface area contributed by atoms with E-state index in [0.717, 1.165) is 16.2 Å². The number of amides is 3. The number of anilines is 2. The molecule has 0 bridgehead atoms. The third-order valence-corrected chi connectivity index (χ3v) is 3.88. The Morgan fingerprint density at radius 3 is 2.43 bits per heavy atom. The van der Waals surface area contributed by atoms with E-state index in [0.29, 0.717) is 16.3 Å². The quantitative estimate of drug-likeness (QED) is 0.739. The Bertz CT molecular complexity index is 758. The molecular weight excluding hydrogens is 288 g/mol. The molecule has 3 rings (SSSR count). The van der Waals surface area contributed by atoms with Crippen LogP contribution >= 0.6 is 11.6 Å². The Balaban J connectivity index is 2.42. The molecule has 106 valence electrons. The van der Waals surface area contributed by atoms with E-state index in [9.17, 15) is 9.59 Å². The Hall–Kier alpha value is -2.33. The van der Waals surface area contributed by atoms with Gasteiger partial charge >= 0.3 is 6.03 Å². The van der Waals surface area contributed by atoms with E-state index in [-0.39, 0.29) is 5.91 Å². The highest BCUT2D eigenvalue weighted by molar-refractivity contribution is 6.36. The van der Waals surface area contributed by atoms with Crippen molar-refractivity contribution >= 4 is 34.9 Å². The van der Waals surface area contributed by atoms with Crippen LogP contribution in [0.3, 0.4) is 0 Å². The van der Waals surface area contributed by atoms with Gasteiger partial charge in [0.15, 0.2) is 0 Å². The maximum Gasteiger partial charge on any atom is 0.335 e. The minimum absolute atomic E-state index is 0.344. The number of benzene rings is 2. The van der Waals surface area contributed by atoms with Crippen LogP contribution in [0.15, 0.2) is 42.5 Å². The number of nitrogens with zero attached hydrogens (tertiary/aromatic N) is 2. The molecule has 1 aliphatic heterocycles. The normalized spacial score (nSPS) is 13.6. The zero-order valence-electron chi connectivity index (χ0n) is 11.6. The van der Waals surface area contributed by atoms with E-state index in [1.54, 1.807) is 25.2 Å². The molecule has 2 aromatic rings. The SMILES string of the molecule is CC(=O)N1C(=O)N(C)c2ccccc2-c2c(Cl)cccc21. The second kappa shape index (κ2) is 4.90. The van der Waals surface area contributed by atoms with Crippen LogP contribution in [0.2, 0.25) is 5.02 Å². The van der Waals surface area contributed by atoms with Gasteiger partial charge < -0.3 is 0 Å². The number of urea groups is 1. The fraction of sp³-hybridized carbons (Fsp3) is 0.125. The molecule has 1 aliphatic rings. The van der Waals surface area contributed by atoms with Crippen LogP contribution in [0.5, 0.6) is 0 Å². The van der Waals surface area contributed by atoms with Gasteiger partial charge in [-0.1, -0.05) is 35.9 Å². The maximum atomic E-state index is 12.6. The predicted molar refractivity (Wildman–Crippen MR) is 83.8 cm³/mol. The molecule has 0 aromatic heterocycles. The molecule has 0 saturated carbocycles. The van der Waals surface area contributed by atoms with Crippen molar-refractivity contribution in [3.8, 4) is 11.1 Å². The van der Waals surface area contributed by atoms with Gasteiger partial charge in [-0.25, -0.2) is 9.69 Å². The zero-order valence-corrected chi connectivity index (χ0v) is 12.4. The summed E-state index contributed by atoms with van der Waals surface area (Å²) >= 11 is 6.34. The first-order valence-corrected chi connectivity index (χ1v) is 6.86. The molecule has 21 heavy (non-hydrogen) atoms. The number of carbonyl (C=O) groups is 2. The van der Waals surface area contributed by atoms with E-state index in [4.69, 9.17) is 11.6 Å². The predicted octanol–water partition coefficient (Wildman–Crippen LogP) is 3.93. The molecule has 5 heteroatoms. The summed E-state index contributed by atoms with van der Waals surface area (Å²) in [7, 11) is 1.65. The second-order valence-electron chi connectivity index (χ2n) is 4.85. The van der Waals surface area contributed by atoms with Gasteiger partial charge in [-0.3, -0.25) is 9.69 Å². The first kappa shape index (κ1) is 13.6. The third-order valence-electron chi connectivity index (χ3n) is 3.56. The lowest BCUT2D eigenvalue weighted by molar-refractivity contribution is -0.115. The van der Waals surface area contributed by atoms with Crippen molar-refractivity contribution in [2.24, 2.45) is 0 Å². The molecule has 0 N–H and O–H groups in total. The Morgan fingerprint density at radius 2 is 1.71 bits per heavy atom. The molecule has 0 atom stereocenters. The number of hydrogen-bond donors (Lipinski definition) is 0. The number of rotatable bonds is 0. The van der Waals surface area contributed by atoms with E-state index in [1.807, 2.05) is 24.3 Å². The molecular formula is C16H13ClN2O2. The number of para-hydroxylation sites is 1. The van der Waals surface area contributed by atoms with E-state index in [1.165, 1.54) is 11.8 Å². The van der Waals surface area contributed by atoms with Gasteiger partial charge in [-0.05, 0) is 18.2 Å². The van der Waals surface area contributed by atoms with Crippen molar-refractivity contribution in [1.82, 2.24) is 0 Å². The third kappa shape index (κ3) is 1.99. The lowest BCUT2D eigenvalue weighted by Crippen LogP contribution is -2.43. The lowest BCUT2D eigenvalue weighted by Gasteiger charge is -2.23. The van der Waals surface area contributed by atoms with Crippen molar-refractivity contribution in [2.75, 3.05) is 16.8 Å². The van der Waals surface area contributed by atoms with E-state index >= 15 is 0 Å². The highest BCUT2D eigenvalue weighted by Gasteiger charge is 2.32. The fourth-order valence-corrected chi connectivity index (χ4v) is 2.87. The molecule has 3 amide bonds. The standard InChI is InChI=1S/C16H13ClN2O2/c1-10(20)19-14-9-5-7-12(17)15(14)11-6-3-4-8-13(11)18(2)16(19)21/h3-9H,1-2H3. The summed E-state index contributed by atoms with van der Waals surface area (Å²) in [6, 6.07) is 12.3. The second-order valence-corrected chi connectivity index (χ2v) is 5.25. The largest absolute Gasteiger partial charge is 0.335 e. The van der Waals surface area contributed by atoms with Gasteiger partial charge in [-0.2, -0.15) is 0 Å². The summed E-state index contributed by atoms with van der Waals surface area (Å²) in [6.07, 6.45) is 0. The summed E-state index contributed by atoms with van der Waals surface area (Å²) in [5, 5.41) is 0.509. The Morgan fingerprint density at radius 1 is 1.05 bits per heavy atom. The summed E-state index contributed by atoms with van der Waals surface area (Å²) in [5.41, 5.74) is 2.76.